The summed E-state index contributed by atoms with van der Waals surface area (Å²) in [6.45, 7) is 3.43. The average molecular weight is 581 g/mol. The molecule has 1 saturated heterocycles. The molecule has 6 nitrogen and oxygen atoms in total. The Morgan fingerprint density at radius 3 is 2.58 bits per heavy atom. The van der Waals surface area contributed by atoms with Crippen molar-refractivity contribution in [3.63, 3.8) is 0 Å². The minimum absolute atomic E-state index is 0.0314. The normalized spacial score (nSPS) is 14.3. The van der Waals surface area contributed by atoms with Gasteiger partial charge in [-0.25, -0.2) is 13.8 Å². The number of hydrogen-bond donors (Lipinski definition) is 2. The third kappa shape index (κ3) is 5.47. The standard InChI is InChI=1S/C26H25BrClF2N3O3/c1-14-22(17-12-16(27)5-8-20(17)32-25(14)33-10-2-3-11-33)26(36)31-13-15(4-9-21(34)35)23-18(29)6-7-19(30)24(23)28/h5-8,12,15H,2-4,9-11,13H2,1H3,(H,31,36)(H,34,35)/t15-/m0/s1. The van der Waals surface area contributed by atoms with Crippen LogP contribution in [0.1, 0.15) is 53.1 Å². The number of nitrogens with one attached hydrogen (secondary N) is 1. The molecule has 4 rings (SSSR count). The molecule has 0 unspecified atom stereocenters. The van der Waals surface area contributed by atoms with Crippen LogP contribution in [0.2, 0.25) is 5.02 Å². The third-order valence-electron chi connectivity index (χ3n) is 6.50. The molecule has 190 valence electrons. The molecule has 1 aromatic heterocycles. The number of anilines is 1. The predicted octanol–water partition coefficient (Wildman–Crippen LogP) is 6.22. The van der Waals surface area contributed by atoms with Crippen molar-refractivity contribution in [1.82, 2.24) is 10.3 Å². The first-order valence-corrected chi connectivity index (χ1v) is 12.8. The summed E-state index contributed by atoms with van der Waals surface area (Å²) in [6, 6.07) is 7.39. The zero-order chi connectivity index (χ0) is 26.0. The van der Waals surface area contributed by atoms with Gasteiger partial charge in [0, 0.05) is 53.0 Å². The summed E-state index contributed by atoms with van der Waals surface area (Å²) >= 11 is 9.52. The van der Waals surface area contributed by atoms with E-state index < -0.39 is 34.5 Å². The van der Waals surface area contributed by atoms with Crippen LogP contribution >= 0.6 is 27.5 Å². The molecule has 2 N–H and O–H groups in total. The highest BCUT2D eigenvalue weighted by molar-refractivity contribution is 9.10. The van der Waals surface area contributed by atoms with Gasteiger partial charge in [-0.1, -0.05) is 27.5 Å². The topological polar surface area (TPSA) is 82.5 Å². The Hall–Kier alpha value is -2.78. The van der Waals surface area contributed by atoms with Gasteiger partial charge in [0.25, 0.3) is 5.91 Å². The van der Waals surface area contributed by atoms with Crippen molar-refractivity contribution in [2.24, 2.45) is 0 Å². The van der Waals surface area contributed by atoms with Crippen molar-refractivity contribution < 1.29 is 23.5 Å². The lowest BCUT2D eigenvalue weighted by Crippen LogP contribution is -2.31. The Morgan fingerprint density at radius 1 is 1.19 bits per heavy atom. The number of rotatable bonds is 8. The van der Waals surface area contributed by atoms with E-state index in [-0.39, 0.29) is 24.9 Å². The third-order valence-corrected chi connectivity index (χ3v) is 7.38. The molecule has 36 heavy (non-hydrogen) atoms. The number of aromatic nitrogens is 1. The van der Waals surface area contributed by atoms with Crippen LogP contribution in [0.25, 0.3) is 10.9 Å². The molecule has 1 fully saturated rings. The maximum absolute atomic E-state index is 14.7. The molecule has 1 atom stereocenters. The number of halogens is 4. The molecule has 0 saturated carbocycles. The fourth-order valence-corrected chi connectivity index (χ4v) is 5.38. The van der Waals surface area contributed by atoms with Crippen LogP contribution in [0.4, 0.5) is 14.6 Å². The largest absolute Gasteiger partial charge is 0.481 e. The summed E-state index contributed by atoms with van der Waals surface area (Å²) in [4.78, 5) is 31.8. The fraction of sp³-hybridized carbons (Fsp3) is 0.346. The zero-order valence-corrected chi connectivity index (χ0v) is 21.9. The lowest BCUT2D eigenvalue weighted by molar-refractivity contribution is -0.137. The van der Waals surface area contributed by atoms with E-state index in [1.807, 2.05) is 25.1 Å². The minimum atomic E-state index is -1.09. The van der Waals surface area contributed by atoms with Gasteiger partial charge in [0.2, 0.25) is 0 Å². The van der Waals surface area contributed by atoms with Gasteiger partial charge in [0.1, 0.15) is 17.5 Å². The molecule has 0 spiro atoms. The summed E-state index contributed by atoms with van der Waals surface area (Å²) < 4.78 is 29.6. The lowest BCUT2D eigenvalue weighted by Gasteiger charge is -2.23. The molecule has 0 radical (unpaired) electrons. The van der Waals surface area contributed by atoms with Crippen molar-refractivity contribution in [2.45, 2.75) is 38.5 Å². The number of hydrogen-bond acceptors (Lipinski definition) is 4. The van der Waals surface area contributed by atoms with Gasteiger partial charge in [-0.3, -0.25) is 9.59 Å². The van der Waals surface area contributed by atoms with Gasteiger partial charge in [-0.05, 0) is 56.5 Å². The second kappa shape index (κ2) is 11.1. The number of pyridine rings is 1. The first-order valence-electron chi connectivity index (χ1n) is 11.7. The van der Waals surface area contributed by atoms with Crippen LogP contribution in [0.15, 0.2) is 34.8 Å². The highest BCUT2D eigenvalue weighted by atomic mass is 79.9. The van der Waals surface area contributed by atoms with E-state index in [0.717, 1.165) is 53.9 Å². The van der Waals surface area contributed by atoms with Crippen LogP contribution in [-0.4, -0.2) is 41.6 Å². The molecular formula is C26H25BrClF2N3O3. The predicted molar refractivity (Wildman–Crippen MR) is 139 cm³/mol. The number of aliphatic carboxylic acids is 1. The molecule has 2 heterocycles. The number of amides is 1. The number of benzene rings is 2. The van der Waals surface area contributed by atoms with Crippen LogP contribution < -0.4 is 10.2 Å². The minimum Gasteiger partial charge on any atom is -0.481 e. The maximum Gasteiger partial charge on any atom is 0.303 e. The first kappa shape index (κ1) is 26.3. The van der Waals surface area contributed by atoms with Gasteiger partial charge >= 0.3 is 5.97 Å². The van der Waals surface area contributed by atoms with Gasteiger partial charge in [-0.15, -0.1) is 0 Å². The number of carboxylic acid groups (broad SMARTS) is 1. The summed E-state index contributed by atoms with van der Waals surface area (Å²) in [5, 5.41) is 12.2. The van der Waals surface area contributed by atoms with E-state index in [1.165, 1.54) is 0 Å². The summed E-state index contributed by atoms with van der Waals surface area (Å²) in [5.41, 5.74) is 1.68. The lowest BCUT2D eigenvalue weighted by atomic mass is 9.93. The van der Waals surface area contributed by atoms with Crippen LogP contribution in [0.3, 0.4) is 0 Å². The Labute approximate surface area is 220 Å². The summed E-state index contributed by atoms with van der Waals surface area (Å²) in [5.74, 6) is -3.16. The van der Waals surface area contributed by atoms with Crippen LogP contribution in [-0.2, 0) is 4.79 Å². The van der Waals surface area contributed by atoms with Gasteiger partial charge in [-0.2, -0.15) is 0 Å². The highest BCUT2D eigenvalue weighted by Crippen LogP contribution is 2.34. The Balaban J connectivity index is 1.70. The zero-order valence-electron chi connectivity index (χ0n) is 19.6. The number of carboxylic acids is 1. The van der Waals surface area contributed by atoms with Crippen molar-refractivity contribution >= 4 is 56.1 Å². The summed E-state index contributed by atoms with van der Waals surface area (Å²) in [6.07, 6.45) is 1.77. The Bertz CT molecular complexity index is 1330. The van der Waals surface area contributed by atoms with E-state index >= 15 is 0 Å². The van der Waals surface area contributed by atoms with Crippen molar-refractivity contribution in [1.29, 1.82) is 0 Å². The van der Waals surface area contributed by atoms with Crippen molar-refractivity contribution in [2.75, 3.05) is 24.5 Å². The smallest absolute Gasteiger partial charge is 0.303 e. The highest BCUT2D eigenvalue weighted by Gasteiger charge is 2.26. The fourth-order valence-electron chi connectivity index (χ4n) is 4.71. The van der Waals surface area contributed by atoms with Crippen LogP contribution in [0, 0.1) is 18.6 Å². The Morgan fingerprint density at radius 2 is 1.89 bits per heavy atom. The molecule has 1 aliphatic rings. The monoisotopic (exact) mass is 579 g/mol. The molecular weight excluding hydrogens is 556 g/mol. The second-order valence-corrected chi connectivity index (χ2v) is 10.2. The van der Waals surface area contributed by atoms with Crippen LogP contribution in [0.5, 0.6) is 0 Å². The number of nitrogens with zero attached hydrogens (tertiary/aromatic N) is 2. The van der Waals surface area contributed by atoms with E-state index in [4.69, 9.17) is 21.7 Å². The number of carbonyl (C=O) groups excluding carboxylic acids is 1. The average Bonchev–Trinajstić information content (AvgIpc) is 3.37. The molecule has 2 aromatic carbocycles. The maximum atomic E-state index is 14.7. The van der Waals surface area contributed by atoms with Gasteiger partial charge in [0.05, 0.1) is 16.1 Å². The second-order valence-electron chi connectivity index (χ2n) is 8.89. The molecule has 10 heteroatoms. The molecule has 0 aliphatic carbocycles. The molecule has 1 amide bonds. The molecule has 0 bridgehead atoms. The quantitative estimate of drug-likeness (QED) is 0.309. The number of carbonyl (C=O) groups is 2. The molecule has 1 aliphatic heterocycles. The van der Waals surface area contributed by atoms with Crippen molar-refractivity contribution in [3.8, 4) is 0 Å². The first-order chi connectivity index (χ1) is 17.2. The SMILES string of the molecule is Cc1c(N2CCCC2)nc2ccc(Br)cc2c1C(=O)NC[C@H](CCC(=O)O)c1c(F)ccc(F)c1Cl. The molecule has 3 aromatic rings. The number of fused-ring (bicyclic) bond motifs is 1. The van der Waals surface area contributed by atoms with Crippen molar-refractivity contribution in [3.05, 3.63) is 68.2 Å². The van der Waals surface area contributed by atoms with E-state index in [9.17, 15) is 18.4 Å². The van der Waals surface area contributed by atoms with Gasteiger partial charge in [0.15, 0.2) is 0 Å². The summed E-state index contributed by atoms with van der Waals surface area (Å²) in [7, 11) is 0. The van der Waals surface area contributed by atoms with E-state index in [0.29, 0.717) is 16.5 Å². The Kier molecular flexibility index (Phi) is 8.10. The van der Waals surface area contributed by atoms with E-state index in [1.54, 1.807) is 0 Å². The van der Waals surface area contributed by atoms with E-state index in [2.05, 4.69) is 26.1 Å². The van der Waals surface area contributed by atoms with Gasteiger partial charge < -0.3 is 15.3 Å².